The van der Waals surface area contributed by atoms with E-state index in [1.54, 1.807) is 17.8 Å². The van der Waals surface area contributed by atoms with Gasteiger partial charge in [-0.25, -0.2) is 4.79 Å². The summed E-state index contributed by atoms with van der Waals surface area (Å²) in [7, 11) is 1.35. The molecule has 0 amide bonds. The van der Waals surface area contributed by atoms with Crippen LogP contribution in [0.2, 0.25) is 5.02 Å². The number of nitrogen functional groups attached to an aromatic ring is 1. The number of aryl methyl sites for hydroxylation is 1. The van der Waals surface area contributed by atoms with Gasteiger partial charge in [0.15, 0.2) is 0 Å². The minimum Gasteiger partial charge on any atom is -0.465 e. The van der Waals surface area contributed by atoms with Gasteiger partial charge in [-0.2, -0.15) is 0 Å². The molecule has 2 N–H and O–H groups in total. The molecule has 2 aromatic rings. The van der Waals surface area contributed by atoms with Crippen molar-refractivity contribution >= 4 is 35.0 Å². The van der Waals surface area contributed by atoms with Crippen molar-refractivity contribution < 1.29 is 9.53 Å². The summed E-state index contributed by atoms with van der Waals surface area (Å²) < 4.78 is 4.76. The maximum atomic E-state index is 11.7. The Morgan fingerprint density at radius 1 is 1.29 bits per heavy atom. The lowest BCUT2D eigenvalue weighted by Crippen LogP contribution is -2.07. The monoisotopic (exact) mass is 321 g/mol. The van der Waals surface area contributed by atoms with E-state index in [2.05, 4.69) is 0 Å². The second-order valence-electron chi connectivity index (χ2n) is 4.61. The predicted octanol–water partition coefficient (Wildman–Crippen LogP) is 4.31. The van der Waals surface area contributed by atoms with Gasteiger partial charge >= 0.3 is 5.97 Å². The van der Waals surface area contributed by atoms with Gasteiger partial charge in [0.25, 0.3) is 0 Å². The molecule has 110 valence electrons. The van der Waals surface area contributed by atoms with Gasteiger partial charge in [-0.05, 0) is 42.3 Å². The Labute approximate surface area is 133 Å². The molecule has 0 bridgehead atoms. The van der Waals surface area contributed by atoms with Crippen LogP contribution in [0.1, 0.15) is 21.5 Å². The third-order valence-corrected chi connectivity index (χ3v) is 4.38. The molecule has 0 atom stereocenters. The highest BCUT2D eigenvalue weighted by molar-refractivity contribution is 7.98. The molecule has 0 fully saturated rings. The Morgan fingerprint density at radius 2 is 1.95 bits per heavy atom. The van der Waals surface area contributed by atoms with Gasteiger partial charge in [-0.3, -0.25) is 0 Å². The van der Waals surface area contributed by atoms with Crippen molar-refractivity contribution in [2.75, 3.05) is 12.8 Å². The molecule has 2 aromatic carbocycles. The highest BCUT2D eigenvalue weighted by atomic mass is 35.5. The molecule has 0 aromatic heterocycles. The summed E-state index contributed by atoms with van der Waals surface area (Å²) >= 11 is 7.50. The lowest BCUT2D eigenvalue weighted by molar-refractivity contribution is 0.0601. The molecule has 21 heavy (non-hydrogen) atoms. The number of nitrogens with two attached hydrogens (primary N) is 1. The Balaban J connectivity index is 2.18. The van der Waals surface area contributed by atoms with Crippen LogP contribution in [-0.2, 0) is 10.5 Å². The zero-order valence-electron chi connectivity index (χ0n) is 11.9. The molecule has 0 unspecified atom stereocenters. The largest absolute Gasteiger partial charge is 0.465 e. The molecule has 0 saturated carbocycles. The SMILES string of the molecule is COC(=O)c1cc(SCc2ccc(Cl)cc2)cc(C)c1N. The maximum Gasteiger partial charge on any atom is 0.340 e. The lowest BCUT2D eigenvalue weighted by atomic mass is 10.1. The van der Waals surface area contributed by atoms with E-state index >= 15 is 0 Å². The zero-order valence-corrected chi connectivity index (χ0v) is 13.4. The maximum absolute atomic E-state index is 11.7. The van der Waals surface area contributed by atoms with E-state index in [4.69, 9.17) is 22.1 Å². The Bertz CT molecular complexity index is 656. The molecule has 5 heteroatoms. The fraction of sp³-hybridized carbons (Fsp3) is 0.188. The molecule has 0 saturated heterocycles. The number of carbonyl (C=O) groups excluding carboxylic acids is 1. The highest BCUT2D eigenvalue weighted by Gasteiger charge is 2.13. The number of ether oxygens (including phenoxy) is 1. The van der Waals surface area contributed by atoms with Gasteiger partial charge in [-0.1, -0.05) is 23.7 Å². The predicted molar refractivity (Wildman–Crippen MR) is 87.9 cm³/mol. The first-order valence-electron chi connectivity index (χ1n) is 6.37. The summed E-state index contributed by atoms with van der Waals surface area (Å²) in [6, 6.07) is 11.5. The number of anilines is 1. The van der Waals surface area contributed by atoms with Crippen LogP contribution in [0.3, 0.4) is 0 Å². The van der Waals surface area contributed by atoms with Crippen LogP contribution in [0, 0.1) is 6.92 Å². The number of halogens is 1. The van der Waals surface area contributed by atoms with Crippen LogP contribution in [0.25, 0.3) is 0 Å². The average molecular weight is 322 g/mol. The van der Waals surface area contributed by atoms with Crippen molar-refractivity contribution in [2.45, 2.75) is 17.6 Å². The van der Waals surface area contributed by atoms with E-state index in [-0.39, 0.29) is 0 Å². The van der Waals surface area contributed by atoms with Gasteiger partial charge in [0, 0.05) is 21.4 Å². The van der Waals surface area contributed by atoms with Crippen LogP contribution >= 0.6 is 23.4 Å². The summed E-state index contributed by atoms with van der Waals surface area (Å²) in [6.45, 7) is 1.88. The van der Waals surface area contributed by atoms with Crippen molar-refractivity contribution in [3.05, 3.63) is 58.1 Å². The molecule has 0 aliphatic heterocycles. The van der Waals surface area contributed by atoms with E-state index < -0.39 is 5.97 Å². The summed E-state index contributed by atoms with van der Waals surface area (Å²) in [6.07, 6.45) is 0. The molecule has 2 rings (SSSR count). The third-order valence-electron chi connectivity index (χ3n) is 3.08. The van der Waals surface area contributed by atoms with Crippen LogP contribution in [0.4, 0.5) is 5.69 Å². The van der Waals surface area contributed by atoms with Gasteiger partial charge in [0.05, 0.1) is 12.7 Å². The number of hydrogen-bond donors (Lipinski definition) is 1. The minimum absolute atomic E-state index is 0.412. The number of rotatable bonds is 4. The van der Waals surface area contributed by atoms with Gasteiger partial charge < -0.3 is 10.5 Å². The Hall–Kier alpha value is -1.65. The van der Waals surface area contributed by atoms with Crippen LogP contribution in [-0.4, -0.2) is 13.1 Å². The lowest BCUT2D eigenvalue weighted by Gasteiger charge is -2.10. The van der Waals surface area contributed by atoms with Crippen molar-refractivity contribution in [3.8, 4) is 0 Å². The smallest absolute Gasteiger partial charge is 0.340 e. The van der Waals surface area contributed by atoms with Crippen molar-refractivity contribution in [1.82, 2.24) is 0 Å². The molecule has 0 radical (unpaired) electrons. The molecule has 0 heterocycles. The molecular formula is C16H16ClNO2S. The van der Waals surface area contributed by atoms with Crippen LogP contribution in [0.15, 0.2) is 41.3 Å². The number of methoxy groups -OCH3 is 1. The first kappa shape index (κ1) is 15.7. The standard InChI is InChI=1S/C16H16ClNO2S/c1-10-7-13(8-14(15(10)18)16(19)20-2)21-9-11-3-5-12(17)6-4-11/h3-8H,9,18H2,1-2H3. The number of hydrogen-bond acceptors (Lipinski definition) is 4. The average Bonchev–Trinajstić information content (AvgIpc) is 2.49. The number of esters is 1. The number of thioether (sulfide) groups is 1. The first-order chi connectivity index (χ1) is 10.0. The highest BCUT2D eigenvalue weighted by Crippen LogP contribution is 2.29. The second-order valence-corrected chi connectivity index (χ2v) is 6.09. The van der Waals surface area contributed by atoms with Crippen molar-refractivity contribution in [3.63, 3.8) is 0 Å². The molecule has 0 aliphatic rings. The quantitative estimate of drug-likeness (QED) is 0.518. The molecule has 0 spiro atoms. The van der Waals surface area contributed by atoms with Crippen LogP contribution < -0.4 is 5.73 Å². The van der Waals surface area contributed by atoms with Crippen molar-refractivity contribution in [1.29, 1.82) is 0 Å². The van der Waals surface area contributed by atoms with Crippen LogP contribution in [0.5, 0.6) is 0 Å². The zero-order chi connectivity index (χ0) is 15.4. The molecule has 3 nitrogen and oxygen atoms in total. The summed E-state index contributed by atoms with van der Waals surface area (Å²) in [5, 5.41) is 0.722. The number of benzene rings is 2. The topological polar surface area (TPSA) is 52.3 Å². The van der Waals surface area contributed by atoms with E-state index in [0.717, 1.165) is 21.2 Å². The molecular weight excluding hydrogens is 306 g/mol. The van der Waals surface area contributed by atoms with E-state index in [1.807, 2.05) is 37.3 Å². The summed E-state index contributed by atoms with van der Waals surface area (Å²) in [5.74, 6) is 0.380. The normalized spacial score (nSPS) is 10.4. The van der Waals surface area contributed by atoms with E-state index in [1.165, 1.54) is 12.7 Å². The molecule has 0 aliphatic carbocycles. The Morgan fingerprint density at radius 3 is 2.57 bits per heavy atom. The first-order valence-corrected chi connectivity index (χ1v) is 7.73. The van der Waals surface area contributed by atoms with E-state index in [9.17, 15) is 4.79 Å². The summed E-state index contributed by atoms with van der Waals surface area (Å²) in [5.41, 5.74) is 8.85. The fourth-order valence-corrected chi connectivity index (χ4v) is 2.99. The number of carbonyl (C=O) groups is 1. The summed E-state index contributed by atoms with van der Waals surface area (Å²) in [4.78, 5) is 12.7. The fourth-order valence-electron chi connectivity index (χ4n) is 1.87. The minimum atomic E-state index is -0.412. The Kier molecular flexibility index (Phi) is 5.15. The van der Waals surface area contributed by atoms with Gasteiger partial charge in [0.1, 0.15) is 0 Å². The van der Waals surface area contributed by atoms with E-state index in [0.29, 0.717) is 11.3 Å². The second kappa shape index (κ2) is 6.87. The van der Waals surface area contributed by atoms with Gasteiger partial charge in [-0.15, -0.1) is 11.8 Å². The van der Waals surface area contributed by atoms with Gasteiger partial charge in [0.2, 0.25) is 0 Å². The third kappa shape index (κ3) is 3.93. The van der Waals surface area contributed by atoms with Crippen molar-refractivity contribution in [2.24, 2.45) is 0 Å².